The molecule has 122 valence electrons. The molecule has 0 spiro atoms. The van der Waals surface area contributed by atoms with Gasteiger partial charge in [-0.15, -0.1) is 0 Å². The molecule has 4 N–H and O–H groups in total. The molecule has 0 saturated carbocycles. The van der Waals surface area contributed by atoms with Gasteiger partial charge in [0, 0.05) is 35.3 Å². The van der Waals surface area contributed by atoms with Crippen molar-refractivity contribution in [3.63, 3.8) is 0 Å². The molecule has 3 aromatic rings. The lowest BCUT2D eigenvalue weighted by molar-refractivity contribution is -0.671. The number of fused-ring (bicyclic) bond motifs is 1. The highest BCUT2D eigenvalue weighted by Crippen LogP contribution is 2.22. The minimum absolute atomic E-state index is 0.0115. The monoisotopic (exact) mass is 322 g/mol. The van der Waals surface area contributed by atoms with Gasteiger partial charge in [-0.05, 0) is 6.07 Å². The van der Waals surface area contributed by atoms with E-state index in [0.29, 0.717) is 5.56 Å². The fraction of sp³-hybridized carbons (Fsp3) is 0.158. The predicted molar refractivity (Wildman–Crippen MR) is 92.7 cm³/mol. The third-order valence-corrected chi connectivity index (χ3v) is 4.11. The van der Waals surface area contributed by atoms with Crippen LogP contribution in [0.5, 0.6) is 0 Å². The molecule has 2 aromatic carbocycles. The zero-order valence-electron chi connectivity index (χ0n) is 13.5. The van der Waals surface area contributed by atoms with E-state index in [1.54, 1.807) is 18.6 Å². The number of likely N-dealkylation sites (N-methyl/N-ethyl adjacent to an activating group) is 1. The number of carbonyl (C=O) groups is 2. The number of benzene rings is 2. The van der Waals surface area contributed by atoms with Gasteiger partial charge >= 0.3 is 0 Å². The van der Waals surface area contributed by atoms with Crippen LogP contribution in [-0.4, -0.2) is 30.3 Å². The number of H-pyrrole nitrogens is 1. The third kappa shape index (κ3) is 3.21. The first-order valence-corrected chi connectivity index (χ1v) is 7.90. The Morgan fingerprint density at radius 2 is 1.79 bits per heavy atom. The summed E-state index contributed by atoms with van der Waals surface area (Å²) in [5.41, 5.74) is 2.46. The first kappa shape index (κ1) is 16.0. The van der Waals surface area contributed by atoms with Crippen LogP contribution in [0.25, 0.3) is 10.9 Å². The fourth-order valence-electron chi connectivity index (χ4n) is 2.82. The Balaban J connectivity index is 1.95. The van der Waals surface area contributed by atoms with E-state index in [9.17, 15) is 9.59 Å². The molecule has 0 aliphatic heterocycles. The van der Waals surface area contributed by atoms with Crippen molar-refractivity contribution in [2.24, 2.45) is 0 Å². The summed E-state index contributed by atoms with van der Waals surface area (Å²) in [6.07, 6.45) is 1.75. The maximum atomic E-state index is 13.1. The number of hydrogen-bond donors (Lipinski definition) is 3. The van der Waals surface area contributed by atoms with Gasteiger partial charge in [-0.1, -0.05) is 48.5 Å². The molecule has 0 fully saturated rings. The second-order valence-corrected chi connectivity index (χ2v) is 5.61. The summed E-state index contributed by atoms with van der Waals surface area (Å²) in [4.78, 5) is 27.9. The average molecular weight is 322 g/mol. The number of rotatable bonds is 6. The predicted octanol–water partition coefficient (Wildman–Crippen LogP) is 1.40. The van der Waals surface area contributed by atoms with E-state index < -0.39 is 6.04 Å². The largest absolute Gasteiger partial charge is 0.360 e. The van der Waals surface area contributed by atoms with Crippen molar-refractivity contribution in [2.75, 3.05) is 13.6 Å². The highest BCUT2D eigenvalue weighted by atomic mass is 16.2. The lowest BCUT2D eigenvalue weighted by Crippen LogP contribution is -2.89. The number of nitrogens with two attached hydrogens (primary N) is 1. The molecule has 0 saturated heterocycles. The zero-order valence-corrected chi connectivity index (χ0v) is 13.5. The van der Waals surface area contributed by atoms with Crippen LogP contribution in [0.4, 0.5) is 0 Å². The van der Waals surface area contributed by atoms with Crippen LogP contribution in [0, 0.1) is 0 Å². The molecular weight excluding hydrogens is 302 g/mol. The number of hydrogen-bond acceptors (Lipinski definition) is 2. The maximum absolute atomic E-state index is 13.1. The average Bonchev–Trinajstić information content (AvgIpc) is 3.06. The van der Waals surface area contributed by atoms with Gasteiger partial charge in [0.05, 0.1) is 0 Å². The van der Waals surface area contributed by atoms with Crippen molar-refractivity contribution in [1.82, 2.24) is 10.3 Å². The van der Waals surface area contributed by atoms with Gasteiger partial charge in [-0.2, -0.15) is 0 Å². The molecule has 0 aliphatic carbocycles. The SMILES string of the molecule is CNC(=O)C[NH2+][C@H](C(=O)c1c[nH]c2ccccc12)c1ccccc1. The Bertz CT molecular complexity index is 855. The molecule has 3 rings (SSSR count). The fourth-order valence-corrected chi connectivity index (χ4v) is 2.82. The minimum Gasteiger partial charge on any atom is -0.360 e. The molecule has 0 radical (unpaired) electrons. The van der Waals surface area contributed by atoms with Crippen molar-refractivity contribution in [3.8, 4) is 0 Å². The summed E-state index contributed by atoms with van der Waals surface area (Å²) in [6.45, 7) is 0.199. The van der Waals surface area contributed by atoms with E-state index in [-0.39, 0.29) is 18.2 Å². The van der Waals surface area contributed by atoms with Crippen LogP contribution in [0.2, 0.25) is 0 Å². The van der Waals surface area contributed by atoms with Crippen molar-refractivity contribution >= 4 is 22.6 Å². The van der Waals surface area contributed by atoms with E-state index in [2.05, 4.69) is 10.3 Å². The van der Waals surface area contributed by atoms with E-state index >= 15 is 0 Å². The molecule has 5 nitrogen and oxygen atoms in total. The van der Waals surface area contributed by atoms with Crippen molar-refractivity contribution in [1.29, 1.82) is 0 Å². The third-order valence-electron chi connectivity index (χ3n) is 4.11. The number of nitrogens with one attached hydrogen (secondary N) is 2. The number of carbonyl (C=O) groups excluding carboxylic acids is 2. The lowest BCUT2D eigenvalue weighted by Gasteiger charge is -2.14. The quantitative estimate of drug-likeness (QED) is 0.600. The Hall–Kier alpha value is -2.92. The van der Waals surface area contributed by atoms with Crippen LogP contribution in [0.1, 0.15) is 22.0 Å². The summed E-state index contributed by atoms with van der Waals surface area (Å²) in [6, 6.07) is 16.8. The highest BCUT2D eigenvalue weighted by molar-refractivity contribution is 6.10. The van der Waals surface area contributed by atoms with Crippen molar-refractivity contribution < 1.29 is 14.9 Å². The van der Waals surface area contributed by atoms with Crippen molar-refractivity contribution in [2.45, 2.75) is 6.04 Å². The van der Waals surface area contributed by atoms with Gasteiger partial charge < -0.3 is 15.6 Å². The Morgan fingerprint density at radius 1 is 1.08 bits per heavy atom. The van der Waals surface area contributed by atoms with Gasteiger partial charge in [0.15, 0.2) is 12.6 Å². The molecule has 1 heterocycles. The van der Waals surface area contributed by atoms with E-state index in [1.165, 1.54) is 0 Å². The lowest BCUT2D eigenvalue weighted by atomic mass is 9.97. The zero-order chi connectivity index (χ0) is 16.9. The van der Waals surface area contributed by atoms with Crippen LogP contribution >= 0.6 is 0 Å². The van der Waals surface area contributed by atoms with Crippen molar-refractivity contribution in [3.05, 3.63) is 71.9 Å². The standard InChI is InChI=1S/C19H19N3O2/c1-20-17(23)12-22-18(13-7-3-2-4-8-13)19(24)15-11-21-16-10-6-5-9-14(15)16/h2-11,18,21-22H,12H2,1H3,(H,20,23)/p+1/t18-/m0/s1. The second-order valence-electron chi connectivity index (χ2n) is 5.61. The topological polar surface area (TPSA) is 78.6 Å². The molecule has 5 heteroatoms. The number of para-hydroxylation sites is 1. The second kappa shape index (κ2) is 7.10. The number of Topliss-reactive ketones (excluding diaryl/α,β-unsaturated/α-hetero) is 1. The van der Waals surface area contributed by atoms with Crippen LogP contribution in [0.15, 0.2) is 60.8 Å². The van der Waals surface area contributed by atoms with Crippen LogP contribution < -0.4 is 10.6 Å². The smallest absolute Gasteiger partial charge is 0.274 e. The van der Waals surface area contributed by atoms with Gasteiger partial charge in [-0.25, -0.2) is 0 Å². The molecule has 1 atom stereocenters. The van der Waals surface area contributed by atoms with Gasteiger partial charge in [0.1, 0.15) is 0 Å². The van der Waals surface area contributed by atoms with E-state index in [1.807, 2.05) is 54.6 Å². The van der Waals surface area contributed by atoms with Gasteiger partial charge in [0.2, 0.25) is 5.78 Å². The molecule has 0 unspecified atom stereocenters. The molecular formula is C19H20N3O2+. The molecule has 24 heavy (non-hydrogen) atoms. The van der Waals surface area contributed by atoms with Gasteiger partial charge in [0.25, 0.3) is 5.91 Å². The van der Waals surface area contributed by atoms with Crippen LogP contribution in [0.3, 0.4) is 0 Å². The Labute approximate surface area is 140 Å². The van der Waals surface area contributed by atoms with Gasteiger partial charge in [-0.3, -0.25) is 9.59 Å². The number of quaternary nitrogens is 1. The number of amides is 1. The highest BCUT2D eigenvalue weighted by Gasteiger charge is 2.27. The van der Waals surface area contributed by atoms with E-state index in [4.69, 9.17) is 0 Å². The molecule has 1 aromatic heterocycles. The summed E-state index contributed by atoms with van der Waals surface area (Å²) in [5, 5.41) is 5.26. The maximum Gasteiger partial charge on any atom is 0.274 e. The molecule has 1 amide bonds. The summed E-state index contributed by atoms with van der Waals surface area (Å²) in [5.74, 6) is -0.120. The number of aromatic nitrogens is 1. The first-order chi connectivity index (χ1) is 11.7. The molecule has 0 aliphatic rings. The minimum atomic E-state index is -0.456. The Morgan fingerprint density at radius 3 is 2.54 bits per heavy atom. The number of ketones is 1. The summed E-state index contributed by atoms with van der Waals surface area (Å²) < 4.78 is 0. The van der Waals surface area contributed by atoms with E-state index in [0.717, 1.165) is 16.5 Å². The Kier molecular flexibility index (Phi) is 4.72. The first-order valence-electron chi connectivity index (χ1n) is 7.90. The summed E-state index contributed by atoms with van der Waals surface area (Å²) in [7, 11) is 1.59. The molecule has 0 bridgehead atoms. The van der Waals surface area contributed by atoms with Crippen LogP contribution in [-0.2, 0) is 4.79 Å². The normalized spacial score (nSPS) is 12.0. The number of aromatic amines is 1. The summed E-state index contributed by atoms with van der Waals surface area (Å²) >= 11 is 0.